The Bertz CT molecular complexity index is 640. The topological polar surface area (TPSA) is 68.5 Å². The van der Waals surface area contributed by atoms with Crippen LogP contribution in [0.3, 0.4) is 0 Å². The van der Waals surface area contributed by atoms with Crippen LogP contribution in [0.1, 0.15) is 30.2 Å². The Hall–Kier alpha value is -1.63. The molecule has 3 N–H and O–H groups in total. The first kappa shape index (κ1) is 12.4. The molecule has 3 aromatic rings. The molecule has 0 aliphatic carbocycles. The number of nitrogens with one attached hydrogen (secondary N) is 1. The zero-order chi connectivity index (χ0) is 13.2. The molecule has 5 nitrogen and oxygen atoms in total. The van der Waals surface area contributed by atoms with Crippen LogP contribution in [0.25, 0.3) is 4.96 Å². The molecular formula is C13H16N4OS. The van der Waals surface area contributed by atoms with Gasteiger partial charge in [-0.05, 0) is 12.1 Å². The molecule has 6 heteroatoms. The van der Waals surface area contributed by atoms with Crippen LogP contribution in [0.15, 0.2) is 34.3 Å². The molecule has 100 valence electrons. The fraction of sp³-hybridized carbons (Fsp3) is 0.308. The number of hydrogen-bond acceptors (Lipinski definition) is 5. The maximum atomic E-state index is 5.74. The van der Waals surface area contributed by atoms with E-state index in [1.54, 1.807) is 11.3 Å². The first-order valence-electron chi connectivity index (χ1n) is 6.26. The SMILES string of the molecule is CCc1ccc(C(Cc2cn3ccsc3n2)NN)o1. The van der Waals surface area contributed by atoms with Crippen LogP contribution in [0, 0.1) is 0 Å². The number of fused-ring (bicyclic) bond motifs is 1. The zero-order valence-electron chi connectivity index (χ0n) is 10.7. The van der Waals surface area contributed by atoms with Crippen molar-refractivity contribution in [2.75, 3.05) is 0 Å². The Morgan fingerprint density at radius 2 is 2.42 bits per heavy atom. The van der Waals surface area contributed by atoms with Crippen LogP contribution in [0.2, 0.25) is 0 Å². The van der Waals surface area contributed by atoms with Gasteiger partial charge in [0, 0.05) is 30.6 Å². The highest BCUT2D eigenvalue weighted by molar-refractivity contribution is 7.15. The van der Waals surface area contributed by atoms with Crippen molar-refractivity contribution in [2.45, 2.75) is 25.8 Å². The molecule has 19 heavy (non-hydrogen) atoms. The number of aromatic nitrogens is 2. The maximum absolute atomic E-state index is 5.74. The number of furan rings is 1. The first-order chi connectivity index (χ1) is 9.30. The monoisotopic (exact) mass is 276 g/mol. The molecule has 0 fully saturated rings. The lowest BCUT2D eigenvalue weighted by atomic mass is 10.1. The van der Waals surface area contributed by atoms with Gasteiger partial charge in [-0.1, -0.05) is 6.92 Å². The van der Waals surface area contributed by atoms with Gasteiger partial charge in [0.25, 0.3) is 0 Å². The van der Waals surface area contributed by atoms with Crippen LogP contribution < -0.4 is 11.3 Å². The molecule has 3 aromatic heterocycles. The molecular weight excluding hydrogens is 260 g/mol. The van der Waals surface area contributed by atoms with Crippen LogP contribution in [-0.4, -0.2) is 9.38 Å². The van der Waals surface area contributed by atoms with Gasteiger partial charge in [0.05, 0.1) is 11.7 Å². The molecule has 0 spiro atoms. The number of thiazole rings is 1. The van der Waals surface area contributed by atoms with E-state index in [9.17, 15) is 0 Å². The van der Waals surface area contributed by atoms with E-state index < -0.39 is 0 Å². The van der Waals surface area contributed by atoms with E-state index in [1.807, 2.05) is 34.3 Å². The number of imidazole rings is 1. The number of rotatable bonds is 5. The molecule has 3 rings (SSSR count). The predicted octanol–water partition coefficient (Wildman–Crippen LogP) is 2.30. The van der Waals surface area contributed by atoms with E-state index in [0.717, 1.165) is 28.6 Å². The molecule has 1 unspecified atom stereocenters. The highest BCUT2D eigenvalue weighted by Crippen LogP contribution is 2.21. The summed E-state index contributed by atoms with van der Waals surface area (Å²) >= 11 is 1.62. The summed E-state index contributed by atoms with van der Waals surface area (Å²) in [4.78, 5) is 5.56. The predicted molar refractivity (Wildman–Crippen MR) is 74.9 cm³/mol. The van der Waals surface area contributed by atoms with Gasteiger partial charge in [0.15, 0.2) is 4.96 Å². The minimum atomic E-state index is -0.0510. The molecule has 3 heterocycles. The highest BCUT2D eigenvalue weighted by Gasteiger charge is 2.16. The Morgan fingerprint density at radius 1 is 1.53 bits per heavy atom. The molecule has 0 bridgehead atoms. The average Bonchev–Trinajstić information content (AvgIpc) is 3.10. The molecule has 0 saturated heterocycles. The van der Waals surface area contributed by atoms with Crippen LogP contribution in [-0.2, 0) is 12.8 Å². The standard InChI is InChI=1S/C13H16N4OS/c1-2-10-3-4-12(18-10)11(16-14)7-9-8-17-5-6-19-13(17)15-9/h3-6,8,11,16H,2,7,14H2,1H3. The van der Waals surface area contributed by atoms with Crippen molar-refractivity contribution in [3.63, 3.8) is 0 Å². The van der Waals surface area contributed by atoms with E-state index in [0.29, 0.717) is 6.42 Å². The van der Waals surface area contributed by atoms with Crippen molar-refractivity contribution in [1.29, 1.82) is 0 Å². The molecule has 0 aromatic carbocycles. The minimum absolute atomic E-state index is 0.0510. The summed E-state index contributed by atoms with van der Waals surface area (Å²) in [5.41, 5.74) is 3.81. The second-order valence-corrected chi connectivity index (χ2v) is 5.28. The number of hydrogen-bond donors (Lipinski definition) is 2. The molecule has 0 saturated carbocycles. The van der Waals surface area contributed by atoms with Crippen molar-refractivity contribution in [3.8, 4) is 0 Å². The van der Waals surface area contributed by atoms with Crippen molar-refractivity contribution in [2.24, 2.45) is 5.84 Å². The lowest BCUT2D eigenvalue weighted by Crippen LogP contribution is -2.29. The Morgan fingerprint density at radius 3 is 3.11 bits per heavy atom. The number of aryl methyl sites for hydroxylation is 1. The summed E-state index contributed by atoms with van der Waals surface area (Å²) in [5, 5.41) is 2.02. The van der Waals surface area contributed by atoms with Gasteiger partial charge in [0.1, 0.15) is 11.5 Å². The molecule has 0 aliphatic rings. The number of nitrogens with two attached hydrogens (primary N) is 1. The van der Waals surface area contributed by atoms with Crippen LogP contribution in [0.4, 0.5) is 0 Å². The van der Waals surface area contributed by atoms with Crippen molar-refractivity contribution < 1.29 is 4.42 Å². The molecule has 0 amide bonds. The minimum Gasteiger partial charge on any atom is -0.464 e. The molecule has 0 radical (unpaired) electrons. The first-order valence-corrected chi connectivity index (χ1v) is 7.14. The third-order valence-corrected chi connectivity index (χ3v) is 3.90. The van der Waals surface area contributed by atoms with Gasteiger partial charge in [0.2, 0.25) is 0 Å². The highest BCUT2D eigenvalue weighted by atomic mass is 32.1. The van der Waals surface area contributed by atoms with Gasteiger partial charge in [-0.15, -0.1) is 11.3 Å². The summed E-state index contributed by atoms with van der Waals surface area (Å²) in [7, 11) is 0. The second kappa shape index (κ2) is 5.16. The Balaban J connectivity index is 1.80. The van der Waals surface area contributed by atoms with E-state index >= 15 is 0 Å². The lowest BCUT2D eigenvalue weighted by Gasteiger charge is -2.11. The quantitative estimate of drug-likeness (QED) is 0.554. The third kappa shape index (κ3) is 2.42. The van der Waals surface area contributed by atoms with Gasteiger partial charge in [-0.3, -0.25) is 10.2 Å². The third-order valence-electron chi connectivity index (χ3n) is 3.13. The lowest BCUT2D eigenvalue weighted by molar-refractivity contribution is 0.395. The Labute approximate surface area is 115 Å². The summed E-state index contributed by atoms with van der Waals surface area (Å²) in [6.45, 7) is 2.07. The largest absolute Gasteiger partial charge is 0.464 e. The van der Waals surface area contributed by atoms with E-state index in [1.165, 1.54) is 0 Å². The summed E-state index contributed by atoms with van der Waals surface area (Å²) in [6, 6.07) is 3.91. The average molecular weight is 276 g/mol. The number of hydrazine groups is 1. The summed E-state index contributed by atoms with van der Waals surface area (Å²) in [5.74, 6) is 7.46. The second-order valence-electron chi connectivity index (χ2n) is 4.41. The fourth-order valence-electron chi connectivity index (χ4n) is 2.10. The maximum Gasteiger partial charge on any atom is 0.193 e. The van der Waals surface area contributed by atoms with Crippen molar-refractivity contribution in [1.82, 2.24) is 14.8 Å². The van der Waals surface area contributed by atoms with Gasteiger partial charge < -0.3 is 4.42 Å². The summed E-state index contributed by atoms with van der Waals surface area (Å²) in [6.07, 6.45) is 5.63. The zero-order valence-corrected chi connectivity index (χ0v) is 11.5. The molecule has 0 aliphatic heterocycles. The summed E-state index contributed by atoms with van der Waals surface area (Å²) < 4.78 is 7.76. The van der Waals surface area contributed by atoms with E-state index in [4.69, 9.17) is 10.3 Å². The van der Waals surface area contributed by atoms with E-state index in [2.05, 4.69) is 17.3 Å². The number of nitrogens with zero attached hydrogens (tertiary/aromatic N) is 2. The van der Waals surface area contributed by atoms with Crippen LogP contribution in [0.5, 0.6) is 0 Å². The van der Waals surface area contributed by atoms with Crippen molar-refractivity contribution in [3.05, 3.63) is 47.1 Å². The van der Waals surface area contributed by atoms with Gasteiger partial charge in [-0.2, -0.15) is 0 Å². The fourth-order valence-corrected chi connectivity index (χ4v) is 2.82. The van der Waals surface area contributed by atoms with E-state index in [-0.39, 0.29) is 6.04 Å². The van der Waals surface area contributed by atoms with Crippen molar-refractivity contribution >= 4 is 16.3 Å². The normalized spacial score (nSPS) is 13.2. The smallest absolute Gasteiger partial charge is 0.193 e. The van der Waals surface area contributed by atoms with Gasteiger partial charge >= 0.3 is 0 Å². The Kier molecular flexibility index (Phi) is 3.37. The van der Waals surface area contributed by atoms with Crippen LogP contribution >= 0.6 is 11.3 Å². The van der Waals surface area contributed by atoms with Gasteiger partial charge in [-0.25, -0.2) is 10.4 Å². The molecule has 1 atom stereocenters.